The molecule has 224 valence electrons. The molecule has 10 nitrogen and oxygen atoms in total. The Hall–Kier alpha value is -3.02. The van der Waals surface area contributed by atoms with E-state index in [4.69, 9.17) is 5.11 Å². The summed E-state index contributed by atoms with van der Waals surface area (Å²) in [6, 6.07) is 20.5. The number of nitrogens with one attached hydrogen (secondary N) is 1. The molecule has 0 unspecified atom stereocenters. The van der Waals surface area contributed by atoms with Gasteiger partial charge in [0.25, 0.3) is 0 Å². The lowest BCUT2D eigenvalue weighted by Gasteiger charge is -2.00. The van der Waals surface area contributed by atoms with Crippen LogP contribution in [0.2, 0.25) is 0 Å². The van der Waals surface area contributed by atoms with Crippen molar-refractivity contribution >= 4 is 82.9 Å². The number of hydrogen-bond donors (Lipinski definition) is 2. The lowest BCUT2D eigenvalue weighted by molar-refractivity contribution is 0.275. The average molecular weight is 868 g/mol. The molecule has 0 atom stereocenters. The van der Waals surface area contributed by atoms with Crippen molar-refractivity contribution in [3.05, 3.63) is 116 Å². The number of nitrogens with zero attached hydrogens (tertiary/aromatic N) is 8. The number of H-pyrrole nitrogens is 1. The van der Waals surface area contributed by atoms with Gasteiger partial charge in [-0.1, -0.05) is 15.9 Å². The number of fused-ring (bicyclic) bond motifs is 2. The predicted molar refractivity (Wildman–Crippen MR) is 191 cm³/mol. The lowest BCUT2D eigenvalue weighted by atomic mass is 10.2. The van der Waals surface area contributed by atoms with Crippen LogP contribution in [0.4, 0.5) is 0 Å². The minimum absolute atomic E-state index is 0.0286. The van der Waals surface area contributed by atoms with E-state index in [0.29, 0.717) is 12.2 Å². The molecule has 0 aliphatic heterocycles. The van der Waals surface area contributed by atoms with Gasteiger partial charge in [-0.05, 0) is 106 Å². The van der Waals surface area contributed by atoms with Crippen LogP contribution in [0.5, 0.6) is 0 Å². The summed E-state index contributed by atoms with van der Waals surface area (Å²) in [4.78, 5) is 3.14. The Labute approximate surface area is 285 Å². The summed E-state index contributed by atoms with van der Waals surface area (Å²) in [5.74, 6) is 0. The third-order valence-corrected chi connectivity index (χ3v) is 7.95. The van der Waals surface area contributed by atoms with E-state index in [1.165, 1.54) is 23.4 Å². The molecule has 0 saturated carbocycles. The van der Waals surface area contributed by atoms with E-state index in [1.807, 2.05) is 67.4 Å². The summed E-state index contributed by atoms with van der Waals surface area (Å²) >= 11 is 7.92. The van der Waals surface area contributed by atoms with E-state index in [-0.39, 0.29) is 6.61 Å². The second-order valence-corrected chi connectivity index (χ2v) is 12.5. The summed E-state index contributed by atoms with van der Waals surface area (Å²) in [6.45, 7) is 0.742. The number of aliphatic hydroxyl groups excluding tert-OH is 1. The smallest absolute Gasteiger partial charge is 0.0878 e. The quantitative estimate of drug-likeness (QED) is 0.157. The fourth-order valence-electron chi connectivity index (χ4n) is 3.99. The molecular weight excluding hydrogens is 836 g/mol. The van der Waals surface area contributed by atoms with Gasteiger partial charge in [0.15, 0.2) is 0 Å². The third-order valence-electron chi connectivity index (χ3n) is 6.04. The van der Waals surface area contributed by atoms with Gasteiger partial charge in [0.2, 0.25) is 0 Å². The van der Waals surface area contributed by atoms with Crippen molar-refractivity contribution in [2.75, 3.05) is 0 Å². The van der Waals surface area contributed by atoms with Crippen LogP contribution < -0.4 is 0 Å². The highest BCUT2D eigenvalue weighted by Gasteiger charge is 2.05. The summed E-state index contributed by atoms with van der Waals surface area (Å²) < 4.78 is 9.75. The molecule has 0 aliphatic carbocycles. The van der Waals surface area contributed by atoms with Crippen molar-refractivity contribution < 1.29 is 5.11 Å². The number of aryl methyl sites for hydroxylation is 3. The zero-order chi connectivity index (χ0) is 30.8. The summed E-state index contributed by atoms with van der Waals surface area (Å²) in [7, 11) is 5.65. The zero-order valence-corrected chi connectivity index (χ0v) is 29.8. The maximum Gasteiger partial charge on any atom is 0.0878 e. The summed E-state index contributed by atoms with van der Waals surface area (Å²) in [5.41, 5.74) is 5.17. The number of alkyl halides is 1. The monoisotopic (exact) mass is 867 g/mol. The van der Waals surface area contributed by atoms with Crippen molar-refractivity contribution in [1.29, 1.82) is 0 Å². The molecule has 0 saturated heterocycles. The molecule has 13 heteroatoms. The van der Waals surface area contributed by atoms with Gasteiger partial charge >= 0.3 is 0 Å². The molecule has 43 heavy (non-hydrogen) atoms. The van der Waals surface area contributed by atoms with Crippen molar-refractivity contribution in [3.63, 3.8) is 0 Å². The van der Waals surface area contributed by atoms with E-state index in [9.17, 15) is 0 Å². The lowest BCUT2D eigenvalue weighted by Crippen LogP contribution is -2.02. The Kier molecular flexibility index (Phi) is 12.4. The van der Waals surface area contributed by atoms with Crippen molar-refractivity contribution in [2.45, 2.75) is 18.5 Å². The average Bonchev–Trinajstić information content (AvgIpc) is 3.83. The Balaban J connectivity index is 0.000000140. The third kappa shape index (κ3) is 10.0. The van der Waals surface area contributed by atoms with E-state index in [1.54, 1.807) is 21.6 Å². The van der Waals surface area contributed by atoms with Crippen LogP contribution in [0.3, 0.4) is 0 Å². The number of aromatic nitrogens is 9. The maximum atomic E-state index is 8.48. The van der Waals surface area contributed by atoms with Gasteiger partial charge in [0.1, 0.15) is 0 Å². The minimum atomic E-state index is 0.0286. The molecule has 7 rings (SSSR count). The Morgan fingerprint density at radius 2 is 1.33 bits per heavy atom. The van der Waals surface area contributed by atoms with Crippen molar-refractivity contribution in [3.8, 4) is 0 Å². The number of halogens is 3. The SMILES string of the molecule is Cn1ccc(CBr)n1.Cn1ccc(CO)n1.Cn1ccc(Cn2ncc3cc(I)ccc32)n1.Ic1ccc2[nH]ccc2c1. The fourth-order valence-corrected chi connectivity index (χ4v) is 5.32. The molecule has 0 amide bonds. The van der Waals surface area contributed by atoms with Crippen LogP contribution in [0.25, 0.3) is 21.8 Å². The standard InChI is InChI=1S/C12H11IN4.C8H6IN.C5H7BrN2.C5H8N2O/c1-16-5-4-11(15-16)8-17-12-3-2-10(13)6-9(12)7-14-17;9-7-1-2-8-6(5-7)3-4-10-8;1-8-3-2-5(4-6)7-8;1-7-3-2-5(4-8)6-7/h2-7H,8H2,1H3;1-5,10H;2-3H,4H2,1H3;2-3,8H,4H2,1H3. The number of aromatic amines is 1. The summed E-state index contributed by atoms with van der Waals surface area (Å²) in [6.07, 6.45) is 9.54. The fraction of sp³-hybridized carbons (Fsp3) is 0.200. The molecule has 2 N–H and O–H groups in total. The Bertz CT molecular complexity index is 1830. The highest BCUT2D eigenvalue weighted by Crippen LogP contribution is 2.18. The van der Waals surface area contributed by atoms with Gasteiger partial charge in [0.05, 0.1) is 41.9 Å². The molecule has 0 radical (unpaired) electrons. The molecular formula is C30H32BrI2N9O. The van der Waals surface area contributed by atoms with E-state index in [2.05, 4.69) is 129 Å². The molecule has 0 spiro atoms. The zero-order valence-electron chi connectivity index (χ0n) is 23.9. The molecule has 0 bridgehead atoms. The number of rotatable bonds is 4. The molecule has 7 aromatic rings. The van der Waals surface area contributed by atoms with Gasteiger partial charge in [-0.25, -0.2) is 0 Å². The van der Waals surface area contributed by atoms with Gasteiger partial charge in [-0.2, -0.15) is 20.4 Å². The van der Waals surface area contributed by atoms with Crippen LogP contribution in [0.1, 0.15) is 17.1 Å². The van der Waals surface area contributed by atoms with Crippen LogP contribution in [0.15, 0.2) is 91.6 Å². The van der Waals surface area contributed by atoms with E-state index in [0.717, 1.165) is 22.2 Å². The van der Waals surface area contributed by atoms with Gasteiger partial charge in [-0.15, -0.1) is 0 Å². The minimum Gasteiger partial charge on any atom is -0.390 e. The van der Waals surface area contributed by atoms with Gasteiger partial charge in [0, 0.05) is 74.7 Å². The topological polar surface area (TPSA) is 107 Å². The second-order valence-electron chi connectivity index (χ2n) is 9.45. The maximum absolute atomic E-state index is 8.48. The first-order valence-corrected chi connectivity index (χ1v) is 16.5. The molecule has 5 aromatic heterocycles. The predicted octanol–water partition coefficient (Wildman–Crippen LogP) is 6.42. The van der Waals surface area contributed by atoms with Gasteiger partial charge < -0.3 is 10.1 Å². The highest BCUT2D eigenvalue weighted by molar-refractivity contribution is 14.1. The van der Waals surface area contributed by atoms with E-state index < -0.39 is 0 Å². The first-order valence-electron chi connectivity index (χ1n) is 13.2. The van der Waals surface area contributed by atoms with Crippen LogP contribution in [-0.2, 0) is 39.6 Å². The molecule has 0 fully saturated rings. The molecule has 5 heterocycles. The van der Waals surface area contributed by atoms with E-state index >= 15 is 0 Å². The molecule has 2 aromatic carbocycles. The van der Waals surface area contributed by atoms with Crippen LogP contribution in [0, 0.1) is 7.14 Å². The first kappa shape index (κ1) is 32.9. The van der Waals surface area contributed by atoms with Crippen LogP contribution >= 0.6 is 61.1 Å². The number of aliphatic hydroxyl groups is 1. The number of hydrogen-bond acceptors (Lipinski definition) is 5. The first-order chi connectivity index (χ1) is 20.7. The largest absolute Gasteiger partial charge is 0.390 e. The number of benzene rings is 2. The van der Waals surface area contributed by atoms with Crippen molar-refractivity contribution in [1.82, 2.24) is 44.1 Å². The highest BCUT2D eigenvalue weighted by atomic mass is 127. The Morgan fingerprint density at radius 1 is 0.744 bits per heavy atom. The van der Waals surface area contributed by atoms with Crippen molar-refractivity contribution in [2.24, 2.45) is 21.1 Å². The summed E-state index contributed by atoms with van der Waals surface area (Å²) in [5, 5.41) is 28.5. The Morgan fingerprint density at radius 3 is 1.86 bits per heavy atom. The van der Waals surface area contributed by atoms with Gasteiger partial charge in [-0.3, -0.25) is 18.7 Å². The normalized spacial score (nSPS) is 10.5. The van der Waals surface area contributed by atoms with Crippen LogP contribution in [-0.4, -0.2) is 49.2 Å². The second kappa shape index (κ2) is 16.2. The molecule has 0 aliphatic rings.